The molecule has 1 heterocycles. The number of carbonyl (C=O) groups excluding carboxylic acids is 1. The van der Waals surface area contributed by atoms with Crippen LogP contribution >= 0.6 is 0 Å². The van der Waals surface area contributed by atoms with Gasteiger partial charge in [0.1, 0.15) is 5.82 Å². The van der Waals surface area contributed by atoms with E-state index < -0.39 is 15.8 Å². The van der Waals surface area contributed by atoms with Crippen LogP contribution in [0.3, 0.4) is 0 Å². The molecule has 0 aliphatic rings. The first-order valence-electron chi connectivity index (χ1n) is 8.55. The lowest BCUT2D eigenvalue weighted by Gasteiger charge is -2.09. The van der Waals surface area contributed by atoms with Gasteiger partial charge in [-0.1, -0.05) is 24.3 Å². The van der Waals surface area contributed by atoms with E-state index in [1.54, 1.807) is 42.5 Å². The zero-order valence-electron chi connectivity index (χ0n) is 14.9. The van der Waals surface area contributed by atoms with Crippen LogP contribution in [0.5, 0.6) is 0 Å². The van der Waals surface area contributed by atoms with Crippen LogP contribution in [0.4, 0.5) is 15.9 Å². The summed E-state index contributed by atoms with van der Waals surface area (Å²) in [6.45, 7) is 0. The molecule has 0 fully saturated rings. The third kappa shape index (κ3) is 3.94. The van der Waals surface area contributed by atoms with Crippen molar-refractivity contribution in [3.8, 4) is 0 Å². The number of anilines is 2. The van der Waals surface area contributed by atoms with Crippen LogP contribution in [-0.4, -0.2) is 24.5 Å². The number of aromatic amines is 1. The van der Waals surface area contributed by atoms with Crippen molar-refractivity contribution >= 4 is 38.3 Å². The number of hydrogen-bond acceptors (Lipinski definition) is 4. The third-order valence-electron chi connectivity index (χ3n) is 4.19. The lowest BCUT2D eigenvalue weighted by Crippen LogP contribution is -2.13. The van der Waals surface area contributed by atoms with Crippen LogP contribution in [0.15, 0.2) is 77.7 Å². The number of H-pyrrole nitrogens is 1. The summed E-state index contributed by atoms with van der Waals surface area (Å²) in [7, 11) is -3.97. The van der Waals surface area contributed by atoms with E-state index in [4.69, 9.17) is 0 Å². The fourth-order valence-electron chi connectivity index (χ4n) is 2.79. The van der Waals surface area contributed by atoms with Gasteiger partial charge < -0.3 is 5.32 Å². The van der Waals surface area contributed by atoms with E-state index in [1.165, 1.54) is 18.2 Å². The van der Waals surface area contributed by atoms with E-state index in [-0.39, 0.29) is 22.3 Å². The summed E-state index contributed by atoms with van der Waals surface area (Å²) in [4.78, 5) is 12.2. The first-order chi connectivity index (χ1) is 13.9. The summed E-state index contributed by atoms with van der Waals surface area (Å²) >= 11 is 0. The molecule has 0 aliphatic carbocycles. The molecule has 0 saturated carbocycles. The van der Waals surface area contributed by atoms with Crippen molar-refractivity contribution in [2.24, 2.45) is 0 Å². The number of rotatable bonds is 5. The molecule has 0 unspecified atom stereocenters. The molecule has 0 bridgehead atoms. The molecule has 4 aromatic rings. The average Bonchev–Trinajstić information content (AvgIpc) is 3.10. The summed E-state index contributed by atoms with van der Waals surface area (Å²) in [6.07, 6.45) is 0. The van der Waals surface area contributed by atoms with Crippen molar-refractivity contribution in [3.63, 3.8) is 0 Å². The smallest absolute Gasteiger partial charge is 0.261 e. The van der Waals surface area contributed by atoms with Gasteiger partial charge in [0.15, 0.2) is 5.82 Å². The predicted molar refractivity (Wildman–Crippen MR) is 108 cm³/mol. The molecule has 146 valence electrons. The minimum Gasteiger partial charge on any atom is -0.305 e. The third-order valence-corrected chi connectivity index (χ3v) is 5.57. The van der Waals surface area contributed by atoms with Crippen molar-refractivity contribution in [1.82, 2.24) is 10.2 Å². The molecular weight excluding hydrogens is 395 g/mol. The number of fused-ring (bicyclic) bond motifs is 1. The van der Waals surface area contributed by atoms with E-state index in [0.29, 0.717) is 16.5 Å². The lowest BCUT2D eigenvalue weighted by atomic mass is 10.2. The fraction of sp³-hybridized carbons (Fsp3) is 0. The topological polar surface area (TPSA) is 104 Å². The molecule has 3 aromatic carbocycles. The van der Waals surface area contributed by atoms with Gasteiger partial charge in [-0.25, -0.2) is 12.8 Å². The fourth-order valence-corrected chi connectivity index (χ4v) is 3.87. The minimum absolute atomic E-state index is 0.192. The maximum Gasteiger partial charge on any atom is 0.261 e. The molecule has 0 aliphatic heterocycles. The van der Waals surface area contributed by atoms with Crippen molar-refractivity contribution in [1.29, 1.82) is 0 Å². The monoisotopic (exact) mass is 410 g/mol. The zero-order valence-corrected chi connectivity index (χ0v) is 15.7. The quantitative estimate of drug-likeness (QED) is 0.466. The summed E-state index contributed by atoms with van der Waals surface area (Å²) < 4.78 is 40.8. The molecule has 0 saturated heterocycles. The van der Waals surface area contributed by atoms with Gasteiger partial charge in [-0.05, 0) is 48.5 Å². The molecule has 0 spiro atoms. The highest BCUT2D eigenvalue weighted by Crippen LogP contribution is 2.26. The van der Waals surface area contributed by atoms with Crippen LogP contribution in [-0.2, 0) is 10.0 Å². The van der Waals surface area contributed by atoms with Gasteiger partial charge in [0.05, 0.1) is 10.4 Å². The number of aromatic nitrogens is 2. The second kappa shape index (κ2) is 7.36. The SMILES string of the molecule is O=C(Nc1n[nH]c2ccc(NS(=O)(=O)c3cccc(F)c3)cc12)c1ccccc1. The Labute approximate surface area is 165 Å². The number of nitrogens with one attached hydrogen (secondary N) is 3. The maximum absolute atomic E-state index is 13.4. The van der Waals surface area contributed by atoms with E-state index in [2.05, 4.69) is 20.2 Å². The number of hydrogen-bond donors (Lipinski definition) is 3. The number of carbonyl (C=O) groups is 1. The van der Waals surface area contributed by atoms with Gasteiger partial charge in [-0.3, -0.25) is 14.6 Å². The van der Waals surface area contributed by atoms with Gasteiger partial charge in [0.25, 0.3) is 15.9 Å². The van der Waals surface area contributed by atoms with E-state index >= 15 is 0 Å². The zero-order chi connectivity index (χ0) is 20.4. The lowest BCUT2D eigenvalue weighted by molar-refractivity contribution is 0.102. The average molecular weight is 410 g/mol. The highest BCUT2D eigenvalue weighted by atomic mass is 32.2. The second-order valence-electron chi connectivity index (χ2n) is 6.22. The molecule has 4 rings (SSSR count). The van der Waals surface area contributed by atoms with E-state index in [9.17, 15) is 17.6 Å². The summed E-state index contributed by atoms with van der Waals surface area (Å²) in [6, 6.07) is 18.1. The van der Waals surface area contributed by atoms with E-state index in [0.717, 1.165) is 12.1 Å². The second-order valence-corrected chi connectivity index (χ2v) is 7.90. The van der Waals surface area contributed by atoms with Crippen LogP contribution in [0, 0.1) is 5.82 Å². The standard InChI is InChI=1S/C20H15FN4O3S/c21-14-7-4-8-16(11-14)29(27,28)25-15-9-10-18-17(12-15)19(24-23-18)22-20(26)13-5-2-1-3-6-13/h1-12,25H,(H2,22,23,24,26). The molecule has 7 nitrogen and oxygen atoms in total. The number of benzene rings is 3. The first-order valence-corrected chi connectivity index (χ1v) is 10.0. The van der Waals surface area contributed by atoms with Crippen molar-refractivity contribution in [3.05, 3.63) is 84.2 Å². The van der Waals surface area contributed by atoms with Gasteiger partial charge in [-0.2, -0.15) is 5.10 Å². The number of nitrogens with zero attached hydrogens (tertiary/aromatic N) is 1. The Hall–Kier alpha value is -3.72. The summed E-state index contributed by atoms with van der Waals surface area (Å²) in [5, 5.41) is 10.1. The molecule has 1 aromatic heterocycles. The Balaban J connectivity index is 1.62. The number of sulfonamides is 1. The minimum atomic E-state index is -3.97. The maximum atomic E-state index is 13.4. The van der Waals surface area contributed by atoms with E-state index in [1.807, 2.05) is 0 Å². The van der Waals surface area contributed by atoms with Gasteiger partial charge in [0, 0.05) is 16.6 Å². The van der Waals surface area contributed by atoms with Crippen LogP contribution in [0.1, 0.15) is 10.4 Å². The van der Waals surface area contributed by atoms with Gasteiger partial charge in [0.2, 0.25) is 0 Å². The Morgan fingerprint density at radius 3 is 2.52 bits per heavy atom. The Kier molecular flexibility index (Phi) is 4.73. The summed E-state index contributed by atoms with van der Waals surface area (Å²) in [5.41, 5.74) is 1.33. The Morgan fingerprint density at radius 1 is 0.966 bits per heavy atom. The molecule has 0 atom stereocenters. The number of amides is 1. The van der Waals surface area contributed by atoms with Crippen LogP contribution in [0.25, 0.3) is 10.9 Å². The predicted octanol–water partition coefficient (Wildman–Crippen LogP) is 3.76. The molecule has 1 amide bonds. The summed E-state index contributed by atoms with van der Waals surface area (Å²) in [5.74, 6) is -0.727. The Bertz CT molecular complexity index is 1300. The normalized spacial score (nSPS) is 11.3. The van der Waals surface area contributed by atoms with Crippen molar-refractivity contribution in [2.75, 3.05) is 10.0 Å². The molecule has 9 heteroatoms. The molecule has 0 radical (unpaired) electrons. The first kappa shape index (κ1) is 18.6. The van der Waals surface area contributed by atoms with Crippen molar-refractivity contribution in [2.45, 2.75) is 4.90 Å². The van der Waals surface area contributed by atoms with Crippen molar-refractivity contribution < 1.29 is 17.6 Å². The molecule has 3 N–H and O–H groups in total. The van der Waals surface area contributed by atoms with Crippen LogP contribution < -0.4 is 10.0 Å². The van der Waals surface area contributed by atoms with Gasteiger partial charge >= 0.3 is 0 Å². The highest BCUT2D eigenvalue weighted by molar-refractivity contribution is 7.92. The molecule has 29 heavy (non-hydrogen) atoms. The van der Waals surface area contributed by atoms with Crippen LogP contribution in [0.2, 0.25) is 0 Å². The number of halogens is 1. The molecular formula is C20H15FN4O3S. The van der Waals surface area contributed by atoms with Gasteiger partial charge in [-0.15, -0.1) is 0 Å². The highest BCUT2D eigenvalue weighted by Gasteiger charge is 2.17. The Morgan fingerprint density at radius 2 is 1.76 bits per heavy atom. The largest absolute Gasteiger partial charge is 0.305 e.